The van der Waals surface area contributed by atoms with Gasteiger partial charge in [0.1, 0.15) is 18.0 Å². The standard InChI is InChI=1S/C15H21N7/c1-12-4-5-16-15(19-12)22-8-6-21(7-9-22)14-10-13(20(2)3)17-11-18-14/h4-5,10-11H,6-9H2,1-3H3. The molecule has 1 aliphatic rings. The van der Waals surface area contributed by atoms with Crippen LogP contribution in [0.15, 0.2) is 24.7 Å². The second-order valence-corrected chi connectivity index (χ2v) is 5.60. The molecule has 1 saturated heterocycles. The largest absolute Gasteiger partial charge is 0.363 e. The molecule has 0 radical (unpaired) electrons. The zero-order valence-corrected chi connectivity index (χ0v) is 13.3. The fraction of sp³-hybridized carbons (Fsp3) is 0.467. The minimum Gasteiger partial charge on any atom is -0.363 e. The van der Waals surface area contributed by atoms with E-state index in [1.54, 1.807) is 6.33 Å². The van der Waals surface area contributed by atoms with E-state index >= 15 is 0 Å². The molecule has 0 amide bonds. The van der Waals surface area contributed by atoms with Gasteiger partial charge in [0.25, 0.3) is 0 Å². The van der Waals surface area contributed by atoms with Crippen molar-refractivity contribution in [2.75, 3.05) is 55.0 Å². The average molecular weight is 299 g/mol. The highest BCUT2D eigenvalue weighted by molar-refractivity contribution is 5.50. The number of hydrogen-bond acceptors (Lipinski definition) is 7. The first-order valence-electron chi connectivity index (χ1n) is 7.42. The zero-order valence-electron chi connectivity index (χ0n) is 13.3. The Labute approximate surface area is 130 Å². The first kappa shape index (κ1) is 14.5. The molecular formula is C15H21N7. The molecule has 3 heterocycles. The van der Waals surface area contributed by atoms with E-state index in [0.717, 1.165) is 49.5 Å². The van der Waals surface area contributed by atoms with Crippen LogP contribution in [0.3, 0.4) is 0 Å². The maximum Gasteiger partial charge on any atom is 0.225 e. The molecule has 7 heteroatoms. The molecule has 0 N–H and O–H groups in total. The quantitative estimate of drug-likeness (QED) is 0.836. The molecule has 2 aromatic heterocycles. The molecule has 1 fully saturated rings. The van der Waals surface area contributed by atoms with Crippen LogP contribution in [0.5, 0.6) is 0 Å². The Morgan fingerprint density at radius 2 is 1.73 bits per heavy atom. The molecule has 2 aromatic rings. The van der Waals surface area contributed by atoms with Crippen molar-refractivity contribution in [2.24, 2.45) is 0 Å². The molecule has 0 bridgehead atoms. The molecule has 7 nitrogen and oxygen atoms in total. The van der Waals surface area contributed by atoms with E-state index in [0.29, 0.717) is 0 Å². The number of anilines is 3. The maximum absolute atomic E-state index is 4.50. The molecule has 0 saturated carbocycles. The van der Waals surface area contributed by atoms with Crippen LogP contribution in [-0.4, -0.2) is 60.2 Å². The van der Waals surface area contributed by atoms with Gasteiger partial charge in [0.2, 0.25) is 5.95 Å². The van der Waals surface area contributed by atoms with Crippen molar-refractivity contribution in [1.82, 2.24) is 19.9 Å². The third-order valence-corrected chi connectivity index (χ3v) is 3.77. The summed E-state index contributed by atoms with van der Waals surface area (Å²) in [5.41, 5.74) is 0.999. The normalized spacial score (nSPS) is 15.0. The van der Waals surface area contributed by atoms with Gasteiger partial charge in [-0.1, -0.05) is 0 Å². The van der Waals surface area contributed by atoms with Crippen LogP contribution in [0.2, 0.25) is 0 Å². The van der Waals surface area contributed by atoms with Crippen LogP contribution in [-0.2, 0) is 0 Å². The van der Waals surface area contributed by atoms with Gasteiger partial charge in [-0.3, -0.25) is 0 Å². The SMILES string of the molecule is Cc1ccnc(N2CCN(c3cc(N(C)C)ncn3)CC2)n1. The van der Waals surface area contributed by atoms with Crippen molar-refractivity contribution in [3.8, 4) is 0 Å². The van der Waals surface area contributed by atoms with E-state index in [2.05, 4.69) is 29.7 Å². The van der Waals surface area contributed by atoms with Crippen molar-refractivity contribution >= 4 is 17.6 Å². The van der Waals surface area contributed by atoms with Crippen LogP contribution >= 0.6 is 0 Å². The summed E-state index contributed by atoms with van der Waals surface area (Å²) in [5.74, 6) is 2.72. The van der Waals surface area contributed by atoms with Gasteiger partial charge in [-0.05, 0) is 13.0 Å². The van der Waals surface area contributed by atoms with E-state index in [1.807, 2.05) is 44.2 Å². The van der Waals surface area contributed by atoms with Crippen LogP contribution in [0.1, 0.15) is 5.69 Å². The minimum absolute atomic E-state index is 0.816. The summed E-state index contributed by atoms with van der Waals surface area (Å²) in [7, 11) is 3.97. The van der Waals surface area contributed by atoms with Gasteiger partial charge in [-0.2, -0.15) is 0 Å². The highest BCUT2D eigenvalue weighted by Crippen LogP contribution is 2.19. The van der Waals surface area contributed by atoms with Gasteiger partial charge < -0.3 is 14.7 Å². The lowest BCUT2D eigenvalue weighted by atomic mass is 10.3. The molecule has 0 atom stereocenters. The average Bonchev–Trinajstić information content (AvgIpc) is 2.55. The summed E-state index contributed by atoms with van der Waals surface area (Å²) in [4.78, 5) is 24.0. The zero-order chi connectivity index (χ0) is 15.5. The first-order valence-corrected chi connectivity index (χ1v) is 7.42. The fourth-order valence-corrected chi connectivity index (χ4v) is 2.48. The number of aryl methyl sites for hydroxylation is 1. The molecule has 0 spiro atoms. The molecule has 0 aromatic carbocycles. The number of rotatable bonds is 3. The van der Waals surface area contributed by atoms with E-state index in [9.17, 15) is 0 Å². The topological polar surface area (TPSA) is 61.3 Å². The summed E-state index contributed by atoms with van der Waals surface area (Å²) in [6.07, 6.45) is 3.44. The van der Waals surface area contributed by atoms with E-state index in [1.165, 1.54) is 0 Å². The van der Waals surface area contributed by atoms with Crippen LogP contribution in [0, 0.1) is 6.92 Å². The third-order valence-electron chi connectivity index (χ3n) is 3.77. The summed E-state index contributed by atoms with van der Waals surface area (Å²) in [6.45, 7) is 5.59. The fourth-order valence-electron chi connectivity index (χ4n) is 2.48. The monoisotopic (exact) mass is 299 g/mol. The predicted molar refractivity (Wildman–Crippen MR) is 87.6 cm³/mol. The van der Waals surface area contributed by atoms with E-state index in [4.69, 9.17) is 0 Å². The molecule has 22 heavy (non-hydrogen) atoms. The van der Waals surface area contributed by atoms with Gasteiger partial charge in [-0.25, -0.2) is 19.9 Å². The highest BCUT2D eigenvalue weighted by Gasteiger charge is 2.20. The summed E-state index contributed by atoms with van der Waals surface area (Å²) >= 11 is 0. The molecule has 0 unspecified atom stereocenters. The lowest BCUT2D eigenvalue weighted by Gasteiger charge is -2.35. The van der Waals surface area contributed by atoms with Crippen LogP contribution in [0.4, 0.5) is 17.6 Å². The van der Waals surface area contributed by atoms with Crippen molar-refractivity contribution in [3.05, 3.63) is 30.4 Å². The maximum atomic E-state index is 4.50. The summed E-state index contributed by atoms with van der Waals surface area (Å²) < 4.78 is 0. The van der Waals surface area contributed by atoms with Gasteiger partial charge in [0, 0.05) is 58.2 Å². The second-order valence-electron chi connectivity index (χ2n) is 5.60. The Bertz CT molecular complexity index is 635. The molecular weight excluding hydrogens is 278 g/mol. The number of piperazine rings is 1. The number of nitrogens with zero attached hydrogens (tertiary/aromatic N) is 7. The van der Waals surface area contributed by atoms with Gasteiger partial charge in [0.05, 0.1) is 0 Å². The second kappa shape index (κ2) is 6.13. The van der Waals surface area contributed by atoms with Crippen LogP contribution in [0.25, 0.3) is 0 Å². The van der Waals surface area contributed by atoms with Crippen molar-refractivity contribution in [2.45, 2.75) is 6.92 Å². The van der Waals surface area contributed by atoms with Crippen molar-refractivity contribution < 1.29 is 0 Å². The summed E-state index contributed by atoms with van der Waals surface area (Å²) in [6, 6.07) is 3.95. The smallest absolute Gasteiger partial charge is 0.225 e. The van der Waals surface area contributed by atoms with Crippen molar-refractivity contribution in [1.29, 1.82) is 0 Å². The van der Waals surface area contributed by atoms with Crippen molar-refractivity contribution in [3.63, 3.8) is 0 Å². The van der Waals surface area contributed by atoms with Crippen LogP contribution < -0.4 is 14.7 Å². The Kier molecular flexibility index (Phi) is 4.04. The number of hydrogen-bond donors (Lipinski definition) is 0. The molecule has 0 aliphatic carbocycles. The van der Waals surface area contributed by atoms with E-state index < -0.39 is 0 Å². The Balaban J connectivity index is 1.68. The molecule has 1 aliphatic heterocycles. The highest BCUT2D eigenvalue weighted by atomic mass is 15.3. The van der Waals surface area contributed by atoms with Gasteiger partial charge >= 0.3 is 0 Å². The number of aromatic nitrogens is 4. The lowest BCUT2D eigenvalue weighted by Crippen LogP contribution is -2.47. The van der Waals surface area contributed by atoms with Gasteiger partial charge in [0.15, 0.2) is 0 Å². The Morgan fingerprint density at radius 3 is 2.41 bits per heavy atom. The molecule has 116 valence electrons. The third kappa shape index (κ3) is 3.08. The first-order chi connectivity index (χ1) is 10.6. The van der Waals surface area contributed by atoms with Gasteiger partial charge in [-0.15, -0.1) is 0 Å². The summed E-state index contributed by atoms with van der Waals surface area (Å²) in [5, 5.41) is 0. The molecule has 3 rings (SSSR count). The Hall–Kier alpha value is -2.44. The van der Waals surface area contributed by atoms with E-state index in [-0.39, 0.29) is 0 Å². The predicted octanol–water partition coefficient (Wildman–Crippen LogP) is 0.968. The lowest BCUT2D eigenvalue weighted by molar-refractivity contribution is 0.633. The Morgan fingerprint density at radius 1 is 1.00 bits per heavy atom. The minimum atomic E-state index is 0.816.